The highest BCUT2D eigenvalue weighted by atomic mass is 16.5. The van der Waals surface area contributed by atoms with E-state index in [0.717, 1.165) is 50.3 Å². The Morgan fingerprint density at radius 2 is 1.90 bits per heavy atom. The Bertz CT molecular complexity index is 387. The molecule has 0 aromatic carbocycles. The van der Waals surface area contributed by atoms with Crippen molar-refractivity contribution >= 4 is 11.6 Å². The Morgan fingerprint density at radius 1 is 1.15 bits per heavy atom. The molecule has 0 saturated heterocycles. The maximum atomic E-state index is 6.00. The van der Waals surface area contributed by atoms with Gasteiger partial charge in [0.05, 0.1) is 6.61 Å². The molecule has 0 unspecified atom stereocenters. The molecule has 0 aliphatic rings. The standard InChI is InChI=1S/C14H26N4O2/c1-4-6-12-13(15)16-11-17-14(12)18(8-10-20-3)7-5-9-19-2/h11H,4-10H2,1-3H3,(H2,15,16,17). The zero-order valence-electron chi connectivity index (χ0n) is 12.8. The van der Waals surface area contributed by atoms with Crippen molar-refractivity contribution < 1.29 is 9.47 Å². The van der Waals surface area contributed by atoms with Crippen LogP contribution < -0.4 is 10.6 Å². The summed E-state index contributed by atoms with van der Waals surface area (Å²) < 4.78 is 10.3. The molecule has 1 heterocycles. The lowest BCUT2D eigenvalue weighted by Gasteiger charge is -2.26. The smallest absolute Gasteiger partial charge is 0.137 e. The summed E-state index contributed by atoms with van der Waals surface area (Å²) >= 11 is 0. The fourth-order valence-corrected chi connectivity index (χ4v) is 2.10. The van der Waals surface area contributed by atoms with Gasteiger partial charge >= 0.3 is 0 Å². The lowest BCUT2D eigenvalue weighted by atomic mass is 10.1. The minimum absolute atomic E-state index is 0.575. The Hall–Kier alpha value is -1.40. The highest BCUT2D eigenvalue weighted by Crippen LogP contribution is 2.23. The first-order valence-electron chi connectivity index (χ1n) is 7.06. The second kappa shape index (κ2) is 9.50. The van der Waals surface area contributed by atoms with Gasteiger partial charge in [-0.15, -0.1) is 0 Å². The Labute approximate surface area is 121 Å². The van der Waals surface area contributed by atoms with E-state index in [1.165, 1.54) is 6.33 Å². The lowest BCUT2D eigenvalue weighted by Crippen LogP contribution is -2.31. The van der Waals surface area contributed by atoms with Gasteiger partial charge in [-0.1, -0.05) is 13.3 Å². The van der Waals surface area contributed by atoms with Crippen molar-refractivity contribution in [1.82, 2.24) is 9.97 Å². The largest absolute Gasteiger partial charge is 0.385 e. The first kappa shape index (κ1) is 16.7. The van der Waals surface area contributed by atoms with Crippen LogP contribution in [0.15, 0.2) is 6.33 Å². The fraction of sp³-hybridized carbons (Fsp3) is 0.714. The molecule has 114 valence electrons. The molecule has 6 nitrogen and oxygen atoms in total. The fourth-order valence-electron chi connectivity index (χ4n) is 2.10. The first-order chi connectivity index (χ1) is 9.74. The molecule has 0 saturated carbocycles. The first-order valence-corrected chi connectivity index (χ1v) is 7.06. The van der Waals surface area contributed by atoms with E-state index in [1.807, 2.05) is 0 Å². The molecule has 6 heteroatoms. The molecular formula is C14H26N4O2. The topological polar surface area (TPSA) is 73.5 Å². The summed E-state index contributed by atoms with van der Waals surface area (Å²) in [4.78, 5) is 10.7. The summed E-state index contributed by atoms with van der Waals surface area (Å²) in [5.74, 6) is 1.50. The van der Waals surface area contributed by atoms with Crippen molar-refractivity contribution in [3.63, 3.8) is 0 Å². The third-order valence-electron chi connectivity index (χ3n) is 3.10. The molecular weight excluding hydrogens is 256 g/mol. The summed E-state index contributed by atoms with van der Waals surface area (Å²) in [5, 5.41) is 0. The predicted octanol–water partition coefficient (Wildman–Crippen LogP) is 1.50. The van der Waals surface area contributed by atoms with E-state index in [0.29, 0.717) is 12.4 Å². The second-order valence-corrected chi connectivity index (χ2v) is 4.64. The highest BCUT2D eigenvalue weighted by Gasteiger charge is 2.15. The number of nitrogens with zero attached hydrogens (tertiary/aromatic N) is 3. The van der Waals surface area contributed by atoms with E-state index in [9.17, 15) is 0 Å². The van der Waals surface area contributed by atoms with Gasteiger partial charge in [-0.3, -0.25) is 0 Å². The number of anilines is 2. The van der Waals surface area contributed by atoms with Crippen molar-refractivity contribution in [2.75, 3.05) is 51.2 Å². The molecule has 0 atom stereocenters. The van der Waals surface area contributed by atoms with Crippen LogP contribution >= 0.6 is 0 Å². The SMILES string of the molecule is CCCc1c(N)ncnc1N(CCCOC)CCOC. The number of hydrogen-bond acceptors (Lipinski definition) is 6. The van der Waals surface area contributed by atoms with Crippen molar-refractivity contribution in [2.24, 2.45) is 0 Å². The molecule has 0 aliphatic heterocycles. The van der Waals surface area contributed by atoms with Crippen molar-refractivity contribution in [3.8, 4) is 0 Å². The summed E-state index contributed by atoms with van der Waals surface area (Å²) in [5.41, 5.74) is 7.03. The van der Waals surface area contributed by atoms with Gasteiger partial charge in [-0.25, -0.2) is 9.97 Å². The normalized spacial score (nSPS) is 10.8. The van der Waals surface area contributed by atoms with Crippen molar-refractivity contribution in [3.05, 3.63) is 11.9 Å². The van der Waals surface area contributed by atoms with Crippen LogP contribution in [-0.4, -0.2) is 50.5 Å². The molecule has 0 spiro atoms. The summed E-state index contributed by atoms with van der Waals surface area (Å²) in [6.07, 6.45) is 4.37. The van der Waals surface area contributed by atoms with E-state index in [-0.39, 0.29) is 0 Å². The van der Waals surface area contributed by atoms with Crippen LogP contribution in [0.3, 0.4) is 0 Å². The molecule has 0 bridgehead atoms. The number of ether oxygens (including phenoxy) is 2. The quantitative estimate of drug-likeness (QED) is 0.656. The van der Waals surface area contributed by atoms with E-state index in [4.69, 9.17) is 15.2 Å². The Balaban J connectivity index is 2.89. The average Bonchev–Trinajstić information content (AvgIpc) is 2.45. The molecule has 20 heavy (non-hydrogen) atoms. The van der Waals surface area contributed by atoms with Crippen LogP contribution in [0.25, 0.3) is 0 Å². The highest BCUT2D eigenvalue weighted by molar-refractivity contribution is 5.56. The number of methoxy groups -OCH3 is 2. The molecule has 1 aromatic rings. The minimum Gasteiger partial charge on any atom is -0.385 e. The minimum atomic E-state index is 0.575. The maximum Gasteiger partial charge on any atom is 0.137 e. The zero-order valence-corrected chi connectivity index (χ0v) is 12.8. The molecule has 0 amide bonds. The van der Waals surface area contributed by atoms with Crippen LogP contribution in [0.4, 0.5) is 11.6 Å². The van der Waals surface area contributed by atoms with Crippen LogP contribution in [0, 0.1) is 0 Å². The Morgan fingerprint density at radius 3 is 2.55 bits per heavy atom. The van der Waals surface area contributed by atoms with Gasteiger partial charge in [0.1, 0.15) is 18.0 Å². The molecule has 0 radical (unpaired) electrons. The number of nitrogen functional groups attached to an aromatic ring is 1. The van der Waals surface area contributed by atoms with Crippen LogP contribution in [-0.2, 0) is 15.9 Å². The maximum absolute atomic E-state index is 6.00. The van der Waals surface area contributed by atoms with Crippen molar-refractivity contribution in [2.45, 2.75) is 26.2 Å². The molecule has 0 aliphatic carbocycles. The van der Waals surface area contributed by atoms with E-state index in [2.05, 4.69) is 21.8 Å². The van der Waals surface area contributed by atoms with Gasteiger partial charge in [0, 0.05) is 39.5 Å². The molecule has 0 fully saturated rings. The summed E-state index contributed by atoms with van der Waals surface area (Å²) in [7, 11) is 3.42. The van der Waals surface area contributed by atoms with Crippen molar-refractivity contribution in [1.29, 1.82) is 0 Å². The van der Waals surface area contributed by atoms with E-state index >= 15 is 0 Å². The van der Waals surface area contributed by atoms with Gasteiger partial charge in [-0.05, 0) is 12.8 Å². The number of nitrogens with two attached hydrogens (primary N) is 1. The van der Waals surface area contributed by atoms with Gasteiger partial charge in [0.25, 0.3) is 0 Å². The lowest BCUT2D eigenvalue weighted by molar-refractivity contribution is 0.191. The monoisotopic (exact) mass is 282 g/mol. The number of rotatable bonds is 10. The van der Waals surface area contributed by atoms with Gasteiger partial charge in [0.15, 0.2) is 0 Å². The molecule has 1 rings (SSSR count). The van der Waals surface area contributed by atoms with Crippen LogP contribution in [0.2, 0.25) is 0 Å². The third-order valence-corrected chi connectivity index (χ3v) is 3.10. The van der Waals surface area contributed by atoms with Gasteiger partial charge in [-0.2, -0.15) is 0 Å². The van der Waals surface area contributed by atoms with Crippen LogP contribution in [0.1, 0.15) is 25.3 Å². The second-order valence-electron chi connectivity index (χ2n) is 4.64. The zero-order chi connectivity index (χ0) is 14.8. The molecule has 1 aromatic heterocycles. The van der Waals surface area contributed by atoms with Gasteiger partial charge < -0.3 is 20.1 Å². The predicted molar refractivity (Wildman–Crippen MR) is 81.0 cm³/mol. The van der Waals surface area contributed by atoms with Gasteiger partial charge in [0.2, 0.25) is 0 Å². The number of aromatic nitrogens is 2. The summed E-state index contributed by atoms with van der Waals surface area (Å²) in [6.45, 7) is 5.16. The van der Waals surface area contributed by atoms with E-state index in [1.54, 1.807) is 14.2 Å². The summed E-state index contributed by atoms with van der Waals surface area (Å²) in [6, 6.07) is 0. The number of hydrogen-bond donors (Lipinski definition) is 1. The third kappa shape index (κ3) is 4.94. The molecule has 2 N–H and O–H groups in total. The van der Waals surface area contributed by atoms with E-state index < -0.39 is 0 Å². The van der Waals surface area contributed by atoms with Crippen LogP contribution in [0.5, 0.6) is 0 Å². The average molecular weight is 282 g/mol. The Kier molecular flexibility index (Phi) is 7.91.